The lowest BCUT2D eigenvalue weighted by molar-refractivity contribution is -0.147. The van der Waals surface area contributed by atoms with Crippen LogP contribution in [0.1, 0.15) is 28.5 Å². The normalized spacial score (nSPS) is 15.0. The maximum absolute atomic E-state index is 12.7. The van der Waals surface area contributed by atoms with Gasteiger partial charge in [0, 0.05) is 24.2 Å². The summed E-state index contributed by atoms with van der Waals surface area (Å²) in [5, 5.41) is 12.7. The van der Waals surface area contributed by atoms with Gasteiger partial charge in [-0.1, -0.05) is 30.3 Å². The maximum atomic E-state index is 12.7. The molecule has 10 heteroatoms. The first-order valence-electron chi connectivity index (χ1n) is 9.66. The number of anilines is 1. The molecule has 0 radical (unpaired) electrons. The number of para-hydroxylation sites is 1. The minimum absolute atomic E-state index is 0.0886. The summed E-state index contributed by atoms with van der Waals surface area (Å²) in [5.41, 5.74) is 2.71. The molecule has 1 unspecified atom stereocenters. The van der Waals surface area contributed by atoms with Gasteiger partial charge < -0.3 is 10.6 Å². The second kappa shape index (κ2) is 8.03. The molecular weight excluding hydrogens is 411 g/mol. The Labute approximate surface area is 175 Å². The van der Waals surface area contributed by atoms with E-state index in [0.717, 1.165) is 5.56 Å². The van der Waals surface area contributed by atoms with Crippen molar-refractivity contribution < 1.29 is 22.8 Å². The first-order chi connectivity index (χ1) is 14.7. The van der Waals surface area contributed by atoms with Gasteiger partial charge in [-0.2, -0.15) is 18.3 Å². The SMILES string of the molecule is CC(NC(=O)c1n[nH]c2ccccc12)C(=O)Nc1cccc2c1CN(CC(F)(F)F)C2. The number of hydrogen-bond donors (Lipinski definition) is 3. The molecule has 1 aliphatic heterocycles. The Morgan fingerprint density at radius 3 is 2.71 bits per heavy atom. The molecule has 0 bridgehead atoms. The Hall–Kier alpha value is -3.40. The number of benzene rings is 2. The summed E-state index contributed by atoms with van der Waals surface area (Å²) in [6.45, 7) is 0.767. The van der Waals surface area contributed by atoms with Gasteiger partial charge in [0.15, 0.2) is 5.69 Å². The highest BCUT2D eigenvalue weighted by atomic mass is 19.4. The molecule has 0 spiro atoms. The van der Waals surface area contributed by atoms with Crippen molar-refractivity contribution in [2.45, 2.75) is 32.2 Å². The summed E-state index contributed by atoms with van der Waals surface area (Å²) in [6, 6.07) is 11.3. The Morgan fingerprint density at radius 2 is 1.94 bits per heavy atom. The van der Waals surface area contributed by atoms with E-state index < -0.39 is 30.6 Å². The minimum atomic E-state index is -4.29. The molecule has 1 aliphatic rings. The lowest BCUT2D eigenvalue weighted by Gasteiger charge is -2.17. The zero-order valence-corrected chi connectivity index (χ0v) is 16.6. The molecule has 0 saturated heterocycles. The van der Waals surface area contributed by atoms with E-state index in [2.05, 4.69) is 20.8 Å². The largest absolute Gasteiger partial charge is 0.401 e. The molecule has 2 heterocycles. The second-order valence-electron chi connectivity index (χ2n) is 7.51. The van der Waals surface area contributed by atoms with Crippen LogP contribution in [0.4, 0.5) is 18.9 Å². The highest BCUT2D eigenvalue weighted by Gasteiger charge is 2.34. The third-order valence-corrected chi connectivity index (χ3v) is 5.14. The van der Waals surface area contributed by atoms with E-state index in [9.17, 15) is 22.8 Å². The smallest absolute Gasteiger partial charge is 0.339 e. The van der Waals surface area contributed by atoms with Gasteiger partial charge in [-0.3, -0.25) is 19.6 Å². The van der Waals surface area contributed by atoms with Crippen molar-refractivity contribution in [3.05, 3.63) is 59.3 Å². The predicted molar refractivity (Wildman–Crippen MR) is 108 cm³/mol. The van der Waals surface area contributed by atoms with E-state index >= 15 is 0 Å². The van der Waals surface area contributed by atoms with Gasteiger partial charge in [0.05, 0.1) is 12.1 Å². The first-order valence-corrected chi connectivity index (χ1v) is 9.66. The molecule has 4 rings (SSSR count). The Balaban J connectivity index is 1.42. The van der Waals surface area contributed by atoms with Crippen molar-refractivity contribution in [3.8, 4) is 0 Å². The topological polar surface area (TPSA) is 90.1 Å². The van der Waals surface area contributed by atoms with Crippen LogP contribution in [0, 0.1) is 0 Å². The van der Waals surface area contributed by atoms with E-state index in [-0.39, 0.29) is 18.8 Å². The van der Waals surface area contributed by atoms with Gasteiger partial charge in [-0.15, -0.1) is 0 Å². The second-order valence-corrected chi connectivity index (χ2v) is 7.51. The number of halogens is 3. The number of hydrogen-bond acceptors (Lipinski definition) is 4. The Morgan fingerprint density at radius 1 is 1.16 bits per heavy atom. The summed E-state index contributed by atoms with van der Waals surface area (Å²) in [5.74, 6) is -0.981. The van der Waals surface area contributed by atoms with E-state index in [0.29, 0.717) is 22.2 Å². The van der Waals surface area contributed by atoms with Crippen molar-refractivity contribution in [1.29, 1.82) is 0 Å². The number of rotatable bonds is 5. The van der Waals surface area contributed by atoms with Crippen LogP contribution in [0.15, 0.2) is 42.5 Å². The average Bonchev–Trinajstić information content (AvgIpc) is 3.30. The number of aromatic amines is 1. The molecule has 0 aliphatic carbocycles. The van der Waals surface area contributed by atoms with Crippen molar-refractivity contribution in [2.24, 2.45) is 0 Å². The van der Waals surface area contributed by atoms with Gasteiger partial charge in [0.2, 0.25) is 5.91 Å². The van der Waals surface area contributed by atoms with Crippen molar-refractivity contribution in [2.75, 3.05) is 11.9 Å². The van der Waals surface area contributed by atoms with Crippen LogP contribution in [0.5, 0.6) is 0 Å². The van der Waals surface area contributed by atoms with Crippen LogP contribution < -0.4 is 10.6 Å². The molecule has 3 aromatic rings. The Kier molecular flexibility index (Phi) is 5.40. The van der Waals surface area contributed by atoms with E-state index in [4.69, 9.17) is 0 Å². The van der Waals surface area contributed by atoms with Crippen molar-refractivity contribution in [1.82, 2.24) is 20.4 Å². The third kappa shape index (κ3) is 4.53. The Bertz CT molecular complexity index is 1140. The number of carbonyl (C=O) groups is 2. The van der Waals surface area contributed by atoms with Gasteiger partial charge in [-0.25, -0.2) is 0 Å². The molecule has 0 fully saturated rings. The molecule has 1 aromatic heterocycles. The van der Waals surface area contributed by atoms with Gasteiger partial charge in [-0.05, 0) is 30.2 Å². The van der Waals surface area contributed by atoms with E-state index in [1.807, 2.05) is 6.07 Å². The fourth-order valence-corrected chi connectivity index (χ4v) is 3.68. The van der Waals surface area contributed by atoms with Gasteiger partial charge in [0.25, 0.3) is 5.91 Å². The summed E-state index contributed by atoms with van der Waals surface area (Å²) < 4.78 is 38.2. The fraction of sp³-hybridized carbons (Fsp3) is 0.286. The van der Waals surface area contributed by atoms with Crippen LogP contribution in [0.25, 0.3) is 10.9 Å². The number of fused-ring (bicyclic) bond motifs is 2. The average molecular weight is 431 g/mol. The van der Waals surface area contributed by atoms with Crippen LogP contribution >= 0.6 is 0 Å². The zero-order valence-electron chi connectivity index (χ0n) is 16.6. The summed E-state index contributed by atoms with van der Waals surface area (Å²) >= 11 is 0. The maximum Gasteiger partial charge on any atom is 0.401 e. The van der Waals surface area contributed by atoms with E-state index in [1.54, 1.807) is 36.4 Å². The monoisotopic (exact) mass is 431 g/mol. The molecule has 0 saturated carbocycles. The number of carbonyl (C=O) groups excluding carboxylic acids is 2. The minimum Gasteiger partial charge on any atom is -0.339 e. The predicted octanol–water partition coefficient (Wildman–Crippen LogP) is 3.20. The van der Waals surface area contributed by atoms with E-state index in [1.165, 1.54) is 11.8 Å². The van der Waals surface area contributed by atoms with Gasteiger partial charge >= 0.3 is 6.18 Å². The third-order valence-electron chi connectivity index (χ3n) is 5.14. The molecule has 2 aromatic carbocycles. The first kappa shape index (κ1) is 20.9. The number of nitrogens with one attached hydrogen (secondary N) is 3. The number of nitrogens with zero attached hydrogens (tertiary/aromatic N) is 2. The number of alkyl halides is 3. The molecule has 31 heavy (non-hydrogen) atoms. The number of H-pyrrole nitrogens is 1. The summed E-state index contributed by atoms with van der Waals surface area (Å²) in [4.78, 5) is 26.5. The molecule has 1 atom stereocenters. The molecule has 7 nitrogen and oxygen atoms in total. The highest BCUT2D eigenvalue weighted by Crippen LogP contribution is 2.31. The van der Waals surface area contributed by atoms with Crippen LogP contribution in [-0.4, -0.2) is 45.7 Å². The molecular formula is C21H20F3N5O2. The summed E-state index contributed by atoms with van der Waals surface area (Å²) in [6.07, 6.45) is -4.29. The zero-order chi connectivity index (χ0) is 22.2. The highest BCUT2D eigenvalue weighted by molar-refractivity contribution is 6.07. The van der Waals surface area contributed by atoms with Crippen molar-refractivity contribution in [3.63, 3.8) is 0 Å². The van der Waals surface area contributed by atoms with Crippen molar-refractivity contribution >= 4 is 28.4 Å². The number of amides is 2. The van der Waals surface area contributed by atoms with Crippen LogP contribution in [0.2, 0.25) is 0 Å². The summed E-state index contributed by atoms with van der Waals surface area (Å²) in [7, 11) is 0. The van der Waals surface area contributed by atoms with Crippen LogP contribution in [-0.2, 0) is 17.9 Å². The fourth-order valence-electron chi connectivity index (χ4n) is 3.68. The molecule has 2 amide bonds. The molecule has 3 N–H and O–H groups in total. The lowest BCUT2D eigenvalue weighted by atomic mass is 10.1. The standard InChI is InChI=1S/C21H20F3N5O2/c1-12(25-20(31)18-14-6-2-3-7-17(14)27-28-18)19(30)26-16-8-4-5-13-9-29(10-15(13)16)11-21(22,23)24/h2-8,12H,9-11H2,1H3,(H,25,31)(H,26,30)(H,27,28). The molecule has 162 valence electrons. The number of aromatic nitrogens is 2. The lowest BCUT2D eigenvalue weighted by Crippen LogP contribution is -2.42. The van der Waals surface area contributed by atoms with Gasteiger partial charge in [0.1, 0.15) is 6.04 Å². The quantitative estimate of drug-likeness (QED) is 0.579. The van der Waals surface area contributed by atoms with Crippen LogP contribution in [0.3, 0.4) is 0 Å².